The Bertz CT molecular complexity index is 924. The van der Waals surface area contributed by atoms with Crippen LogP contribution in [-0.2, 0) is 4.74 Å². The van der Waals surface area contributed by atoms with Gasteiger partial charge in [0, 0.05) is 11.5 Å². The predicted octanol–water partition coefficient (Wildman–Crippen LogP) is 5.06. The highest BCUT2D eigenvalue weighted by molar-refractivity contribution is 5.90. The van der Waals surface area contributed by atoms with Crippen molar-refractivity contribution in [2.75, 3.05) is 0 Å². The molecule has 0 saturated heterocycles. The molecule has 5 nitrogen and oxygen atoms in total. The van der Waals surface area contributed by atoms with E-state index < -0.39 is 11.7 Å². The van der Waals surface area contributed by atoms with Crippen LogP contribution in [0.15, 0.2) is 42.5 Å². The highest BCUT2D eigenvalue weighted by Crippen LogP contribution is 2.28. The predicted molar refractivity (Wildman–Crippen MR) is 92.6 cm³/mol. The lowest BCUT2D eigenvalue weighted by Gasteiger charge is -2.19. The smallest absolute Gasteiger partial charge is 0.435 e. The molecule has 130 valence electrons. The first-order chi connectivity index (χ1) is 11.7. The van der Waals surface area contributed by atoms with Crippen LogP contribution in [0, 0.1) is 12.7 Å². The van der Waals surface area contributed by atoms with Gasteiger partial charge in [0.05, 0.1) is 11.2 Å². The summed E-state index contributed by atoms with van der Waals surface area (Å²) >= 11 is 0. The lowest BCUT2D eigenvalue weighted by molar-refractivity contribution is 0.0522. The Hall–Kier alpha value is -2.89. The maximum Gasteiger partial charge on any atom is 0.435 e. The molecule has 0 atom stereocenters. The van der Waals surface area contributed by atoms with Crippen molar-refractivity contribution in [3.05, 3.63) is 54.0 Å². The number of carbonyl (C=O) groups excluding carboxylic acids is 1. The Morgan fingerprint density at radius 2 is 1.72 bits per heavy atom. The molecule has 0 aliphatic heterocycles. The summed E-state index contributed by atoms with van der Waals surface area (Å²) < 4.78 is 25.3. The monoisotopic (exact) mass is 342 g/mol. The van der Waals surface area contributed by atoms with E-state index in [2.05, 4.69) is 5.10 Å². The largest absolute Gasteiger partial charge is 0.457 e. The van der Waals surface area contributed by atoms with Crippen LogP contribution in [0.5, 0.6) is 11.5 Å². The number of hydrogen-bond acceptors (Lipinski definition) is 4. The van der Waals surface area contributed by atoms with E-state index >= 15 is 0 Å². The number of benzene rings is 2. The number of hydrogen-bond donors (Lipinski definition) is 0. The van der Waals surface area contributed by atoms with Crippen molar-refractivity contribution in [2.45, 2.75) is 33.3 Å². The number of fused-ring (bicyclic) bond motifs is 1. The second-order valence-electron chi connectivity index (χ2n) is 6.71. The van der Waals surface area contributed by atoms with Gasteiger partial charge >= 0.3 is 6.09 Å². The van der Waals surface area contributed by atoms with Gasteiger partial charge in [-0.15, -0.1) is 0 Å². The lowest BCUT2D eigenvalue weighted by Crippen LogP contribution is -2.27. The minimum atomic E-state index is -0.620. The summed E-state index contributed by atoms with van der Waals surface area (Å²) in [5.41, 5.74) is 0.687. The van der Waals surface area contributed by atoms with Gasteiger partial charge in [-0.05, 0) is 64.1 Å². The first-order valence-corrected chi connectivity index (χ1v) is 7.89. The number of nitrogens with zero attached hydrogens (tertiary/aromatic N) is 2. The molecule has 0 aliphatic rings. The van der Waals surface area contributed by atoms with Crippen LogP contribution >= 0.6 is 0 Å². The standard InChI is InChI=1S/C19H19FN2O3/c1-12-16-10-9-15(24-14-7-5-13(20)6-8-14)11-17(16)22(21-12)18(23)25-19(2,3)4/h5-11H,1-4H3. The average molecular weight is 342 g/mol. The van der Waals surface area contributed by atoms with E-state index in [1.165, 1.54) is 28.9 Å². The molecular weight excluding hydrogens is 323 g/mol. The number of carbonyl (C=O) groups is 1. The van der Waals surface area contributed by atoms with Crippen LogP contribution < -0.4 is 4.74 Å². The summed E-state index contributed by atoms with van der Waals surface area (Å²) in [7, 11) is 0. The van der Waals surface area contributed by atoms with E-state index in [1.54, 1.807) is 32.9 Å². The van der Waals surface area contributed by atoms with E-state index in [1.807, 2.05) is 13.0 Å². The van der Waals surface area contributed by atoms with Gasteiger partial charge in [0.2, 0.25) is 0 Å². The van der Waals surface area contributed by atoms with Gasteiger partial charge in [-0.3, -0.25) is 0 Å². The summed E-state index contributed by atoms with van der Waals surface area (Å²) in [6.45, 7) is 7.22. The Morgan fingerprint density at radius 1 is 1.08 bits per heavy atom. The second-order valence-corrected chi connectivity index (χ2v) is 6.71. The van der Waals surface area contributed by atoms with Crippen LogP contribution in [0.3, 0.4) is 0 Å². The summed E-state index contributed by atoms with van der Waals surface area (Å²) in [6.07, 6.45) is -0.551. The first kappa shape index (κ1) is 17.0. The molecule has 25 heavy (non-hydrogen) atoms. The summed E-state index contributed by atoms with van der Waals surface area (Å²) in [5, 5.41) is 5.10. The highest BCUT2D eigenvalue weighted by Gasteiger charge is 2.21. The molecule has 1 heterocycles. The lowest BCUT2D eigenvalue weighted by atomic mass is 10.2. The topological polar surface area (TPSA) is 53.4 Å². The van der Waals surface area contributed by atoms with Gasteiger partial charge in [0.15, 0.2) is 0 Å². The van der Waals surface area contributed by atoms with Gasteiger partial charge < -0.3 is 9.47 Å². The molecule has 0 bridgehead atoms. The van der Waals surface area contributed by atoms with E-state index in [-0.39, 0.29) is 5.82 Å². The minimum absolute atomic E-state index is 0.332. The van der Waals surface area contributed by atoms with Crippen LogP contribution in [0.1, 0.15) is 26.5 Å². The third-order valence-corrected chi connectivity index (χ3v) is 3.45. The molecule has 1 aromatic heterocycles. The molecule has 3 rings (SSSR count). The van der Waals surface area contributed by atoms with Gasteiger partial charge in [-0.1, -0.05) is 0 Å². The maximum atomic E-state index is 13.0. The zero-order chi connectivity index (χ0) is 18.2. The summed E-state index contributed by atoms with van der Waals surface area (Å²) in [5.74, 6) is 0.686. The van der Waals surface area contributed by atoms with Crippen LogP contribution in [0.2, 0.25) is 0 Å². The molecule has 0 amide bonds. The van der Waals surface area contributed by atoms with Crippen molar-refractivity contribution in [1.82, 2.24) is 9.78 Å². The highest BCUT2D eigenvalue weighted by atomic mass is 19.1. The maximum absolute atomic E-state index is 13.0. The van der Waals surface area contributed by atoms with Gasteiger partial charge in [-0.2, -0.15) is 9.78 Å². The van der Waals surface area contributed by atoms with E-state index in [0.29, 0.717) is 22.7 Å². The average Bonchev–Trinajstić information content (AvgIpc) is 2.85. The molecule has 0 unspecified atom stereocenters. The van der Waals surface area contributed by atoms with Crippen LogP contribution in [-0.4, -0.2) is 21.5 Å². The van der Waals surface area contributed by atoms with Crippen molar-refractivity contribution >= 4 is 17.0 Å². The number of rotatable bonds is 2. The van der Waals surface area contributed by atoms with Crippen molar-refractivity contribution < 1.29 is 18.7 Å². The fourth-order valence-corrected chi connectivity index (χ4v) is 2.40. The molecule has 0 saturated carbocycles. The van der Waals surface area contributed by atoms with Gasteiger partial charge in [-0.25, -0.2) is 9.18 Å². The molecule has 0 N–H and O–H groups in total. The minimum Gasteiger partial charge on any atom is -0.457 e. The third-order valence-electron chi connectivity index (χ3n) is 3.45. The summed E-state index contributed by atoms with van der Waals surface area (Å²) in [4.78, 5) is 12.4. The fraction of sp³-hybridized carbons (Fsp3) is 0.263. The number of aromatic nitrogens is 2. The molecular formula is C19H19FN2O3. The van der Waals surface area contributed by atoms with Gasteiger partial charge in [0.25, 0.3) is 0 Å². The van der Waals surface area contributed by atoms with Crippen LogP contribution in [0.25, 0.3) is 10.9 Å². The number of ether oxygens (including phenoxy) is 2. The quantitative estimate of drug-likeness (QED) is 0.653. The Kier molecular flexibility index (Phi) is 4.20. The molecule has 3 aromatic rings. The molecule has 0 fully saturated rings. The third kappa shape index (κ3) is 3.79. The Labute approximate surface area is 145 Å². The molecule has 0 radical (unpaired) electrons. The molecule has 2 aromatic carbocycles. The SMILES string of the molecule is Cc1nn(C(=O)OC(C)(C)C)c2cc(Oc3ccc(F)cc3)ccc12. The fourth-order valence-electron chi connectivity index (χ4n) is 2.40. The van der Waals surface area contributed by atoms with Crippen molar-refractivity contribution in [3.63, 3.8) is 0 Å². The number of aryl methyl sites for hydroxylation is 1. The van der Waals surface area contributed by atoms with E-state index in [0.717, 1.165) is 5.39 Å². The second kappa shape index (κ2) is 6.20. The Balaban J connectivity index is 1.96. The number of halogens is 1. The zero-order valence-electron chi connectivity index (χ0n) is 14.5. The van der Waals surface area contributed by atoms with E-state index in [9.17, 15) is 9.18 Å². The van der Waals surface area contributed by atoms with Crippen molar-refractivity contribution in [1.29, 1.82) is 0 Å². The van der Waals surface area contributed by atoms with Crippen LogP contribution in [0.4, 0.5) is 9.18 Å². The van der Waals surface area contributed by atoms with Gasteiger partial charge in [0.1, 0.15) is 22.9 Å². The normalized spacial score (nSPS) is 11.6. The first-order valence-electron chi connectivity index (χ1n) is 7.89. The van der Waals surface area contributed by atoms with Crippen molar-refractivity contribution in [2.24, 2.45) is 0 Å². The zero-order valence-corrected chi connectivity index (χ0v) is 14.5. The van der Waals surface area contributed by atoms with Crippen molar-refractivity contribution in [3.8, 4) is 11.5 Å². The molecule has 0 spiro atoms. The molecule has 0 aliphatic carbocycles. The van der Waals surface area contributed by atoms with E-state index in [4.69, 9.17) is 9.47 Å². The Morgan fingerprint density at radius 3 is 2.36 bits per heavy atom. The molecule has 6 heteroatoms. The summed E-state index contributed by atoms with van der Waals surface area (Å²) in [6, 6.07) is 11.0.